The Morgan fingerprint density at radius 1 is 1.38 bits per heavy atom. The van der Waals surface area contributed by atoms with Gasteiger partial charge in [-0.25, -0.2) is 9.78 Å². The fourth-order valence-corrected chi connectivity index (χ4v) is 4.07. The summed E-state index contributed by atoms with van der Waals surface area (Å²) in [5.41, 5.74) is -0.205. The van der Waals surface area contributed by atoms with Gasteiger partial charge in [-0.15, -0.1) is 11.3 Å². The van der Waals surface area contributed by atoms with Crippen molar-refractivity contribution >= 4 is 50.7 Å². The Bertz CT molecular complexity index is 1150. The summed E-state index contributed by atoms with van der Waals surface area (Å²) in [4.78, 5) is 41.8. The second-order valence-corrected chi connectivity index (χ2v) is 7.47. The van der Waals surface area contributed by atoms with Gasteiger partial charge in [-0.1, -0.05) is 18.5 Å². The van der Waals surface area contributed by atoms with Gasteiger partial charge in [-0.2, -0.15) is 0 Å². The van der Waals surface area contributed by atoms with Crippen LogP contribution in [0.15, 0.2) is 28.4 Å². The molecule has 2 N–H and O–H groups in total. The van der Waals surface area contributed by atoms with Crippen LogP contribution in [0.25, 0.3) is 10.2 Å². The minimum Gasteiger partial charge on any atom is -0.495 e. The summed E-state index contributed by atoms with van der Waals surface area (Å²) < 4.78 is 6.31. The first-order valence-electron chi connectivity index (χ1n) is 8.73. The zero-order valence-corrected chi connectivity index (χ0v) is 17.3. The lowest BCUT2D eigenvalue weighted by Gasteiger charge is -2.13. The molecule has 0 fully saturated rings. The first kappa shape index (κ1) is 20.8. The van der Waals surface area contributed by atoms with Gasteiger partial charge in [0.25, 0.3) is 5.56 Å². The lowest BCUT2D eigenvalue weighted by molar-refractivity contribution is -0.116. The quantitative estimate of drug-likeness (QED) is 0.588. The number of carbonyl (C=O) groups is 2. The molecule has 152 valence electrons. The number of aromatic nitrogens is 2. The van der Waals surface area contributed by atoms with E-state index in [0.717, 1.165) is 11.3 Å². The molecule has 0 spiro atoms. The van der Waals surface area contributed by atoms with E-state index in [4.69, 9.17) is 16.3 Å². The highest BCUT2D eigenvalue weighted by Crippen LogP contribution is 2.27. The van der Waals surface area contributed by atoms with Gasteiger partial charge >= 0.3 is 5.97 Å². The van der Waals surface area contributed by atoms with Crippen molar-refractivity contribution in [2.75, 3.05) is 12.4 Å². The van der Waals surface area contributed by atoms with Gasteiger partial charge in [0.2, 0.25) is 5.91 Å². The summed E-state index contributed by atoms with van der Waals surface area (Å²) >= 11 is 7.17. The molecular weight excluding hydrogens is 418 g/mol. The minimum absolute atomic E-state index is 0.0163. The van der Waals surface area contributed by atoms with E-state index in [0.29, 0.717) is 40.0 Å². The normalized spacial score (nSPS) is 10.9. The van der Waals surface area contributed by atoms with Gasteiger partial charge in [0.15, 0.2) is 0 Å². The van der Waals surface area contributed by atoms with Gasteiger partial charge in [0.05, 0.1) is 23.1 Å². The summed E-state index contributed by atoms with van der Waals surface area (Å²) in [5, 5.41) is 13.8. The summed E-state index contributed by atoms with van der Waals surface area (Å²) in [6, 6.07) is 4.78. The van der Waals surface area contributed by atoms with Crippen LogP contribution in [0, 0.1) is 0 Å². The number of thiophene rings is 1. The Morgan fingerprint density at radius 2 is 2.14 bits per heavy atom. The molecule has 29 heavy (non-hydrogen) atoms. The minimum atomic E-state index is -1.21. The second kappa shape index (κ2) is 8.62. The molecule has 0 aliphatic heterocycles. The van der Waals surface area contributed by atoms with Gasteiger partial charge < -0.3 is 15.2 Å². The van der Waals surface area contributed by atoms with Crippen molar-refractivity contribution in [1.82, 2.24) is 9.55 Å². The van der Waals surface area contributed by atoms with Crippen molar-refractivity contribution in [3.8, 4) is 5.75 Å². The van der Waals surface area contributed by atoms with Crippen molar-refractivity contribution in [3.63, 3.8) is 0 Å². The summed E-state index contributed by atoms with van der Waals surface area (Å²) in [6.45, 7) is 1.63. The Kier molecular flexibility index (Phi) is 6.19. The molecule has 10 heteroatoms. The Balaban J connectivity index is 1.96. The number of rotatable bonds is 7. The van der Waals surface area contributed by atoms with Crippen molar-refractivity contribution in [2.24, 2.45) is 0 Å². The zero-order chi connectivity index (χ0) is 21.1. The molecular formula is C19H18ClN3O5S. The summed E-state index contributed by atoms with van der Waals surface area (Å²) in [7, 11) is 1.49. The van der Waals surface area contributed by atoms with Crippen molar-refractivity contribution < 1.29 is 19.4 Å². The predicted octanol–water partition coefficient (Wildman–Crippen LogP) is 3.41. The number of methoxy groups -OCH3 is 1. The lowest BCUT2D eigenvalue weighted by Crippen LogP contribution is -2.31. The standard InChI is InChI=1S/C19H18ClN3O5S/c1-3-4-14-22-17-16(11(9-29-17)19(26)27)18(25)23(14)8-15(24)21-10-5-6-13(28-2)12(20)7-10/h5-7,9H,3-4,8H2,1-2H3,(H,21,24)(H,26,27). The van der Waals surface area contributed by atoms with Crippen molar-refractivity contribution in [1.29, 1.82) is 0 Å². The van der Waals surface area contributed by atoms with Crippen LogP contribution < -0.4 is 15.6 Å². The van der Waals surface area contributed by atoms with Crippen LogP contribution in [0.2, 0.25) is 5.02 Å². The number of nitrogens with zero attached hydrogens (tertiary/aromatic N) is 2. The third-order valence-corrected chi connectivity index (χ3v) is 5.38. The molecule has 0 aliphatic carbocycles. The number of fused-ring (bicyclic) bond motifs is 1. The van der Waals surface area contributed by atoms with E-state index in [1.807, 2.05) is 6.92 Å². The number of halogens is 1. The number of nitrogens with one attached hydrogen (secondary N) is 1. The number of hydrogen-bond donors (Lipinski definition) is 2. The van der Waals surface area contributed by atoms with Crippen molar-refractivity contribution in [3.05, 3.63) is 50.3 Å². The predicted molar refractivity (Wildman–Crippen MR) is 111 cm³/mol. The maximum absolute atomic E-state index is 13.0. The third-order valence-electron chi connectivity index (χ3n) is 4.21. The first-order chi connectivity index (χ1) is 13.8. The van der Waals surface area contributed by atoms with Gasteiger partial charge in [-0.05, 0) is 24.6 Å². The first-order valence-corrected chi connectivity index (χ1v) is 9.99. The lowest BCUT2D eigenvalue weighted by atomic mass is 10.2. The molecule has 1 aromatic carbocycles. The molecule has 0 aliphatic rings. The van der Waals surface area contributed by atoms with Crippen LogP contribution in [0.3, 0.4) is 0 Å². The Labute approximate surface area is 174 Å². The maximum atomic E-state index is 13.0. The molecule has 3 rings (SSSR count). The SMILES string of the molecule is CCCc1nc2scc(C(=O)O)c2c(=O)n1CC(=O)Nc1ccc(OC)c(Cl)c1. The number of hydrogen-bond acceptors (Lipinski definition) is 6. The molecule has 8 nitrogen and oxygen atoms in total. The molecule has 0 saturated carbocycles. The largest absolute Gasteiger partial charge is 0.495 e. The van der Waals surface area contributed by atoms with Crippen LogP contribution in [-0.2, 0) is 17.8 Å². The molecule has 1 amide bonds. The van der Waals surface area contributed by atoms with E-state index in [9.17, 15) is 19.5 Å². The fourth-order valence-electron chi connectivity index (χ4n) is 2.89. The van der Waals surface area contributed by atoms with Crippen LogP contribution >= 0.6 is 22.9 Å². The molecule has 0 radical (unpaired) electrons. The van der Waals surface area contributed by atoms with Crippen LogP contribution in [0.1, 0.15) is 29.5 Å². The monoisotopic (exact) mass is 435 g/mol. The number of ether oxygens (including phenoxy) is 1. The number of anilines is 1. The molecule has 0 unspecified atom stereocenters. The topological polar surface area (TPSA) is 111 Å². The molecule has 2 heterocycles. The van der Waals surface area contributed by atoms with E-state index in [2.05, 4.69) is 10.3 Å². The van der Waals surface area contributed by atoms with Gasteiger partial charge in [0, 0.05) is 17.5 Å². The van der Waals surface area contributed by atoms with Crippen LogP contribution in [0.4, 0.5) is 5.69 Å². The third kappa shape index (κ3) is 4.25. The van der Waals surface area contributed by atoms with Crippen LogP contribution in [-0.4, -0.2) is 33.6 Å². The number of amides is 1. The van der Waals surface area contributed by atoms with E-state index in [-0.39, 0.29) is 17.5 Å². The second-order valence-electron chi connectivity index (χ2n) is 6.20. The Hall–Kier alpha value is -2.91. The van der Waals surface area contributed by atoms with E-state index in [1.54, 1.807) is 12.1 Å². The molecule has 2 aromatic heterocycles. The molecule has 0 atom stereocenters. The van der Waals surface area contributed by atoms with Gasteiger partial charge in [-0.3, -0.25) is 14.2 Å². The highest BCUT2D eigenvalue weighted by Gasteiger charge is 2.20. The summed E-state index contributed by atoms with van der Waals surface area (Å²) in [5.74, 6) is -0.757. The van der Waals surface area contributed by atoms with Crippen molar-refractivity contribution in [2.45, 2.75) is 26.3 Å². The summed E-state index contributed by atoms with van der Waals surface area (Å²) in [6.07, 6.45) is 1.19. The number of aromatic carboxylic acids is 1. The average Bonchev–Trinajstić information content (AvgIpc) is 3.09. The number of carbonyl (C=O) groups excluding carboxylic acids is 1. The molecule has 3 aromatic rings. The number of aryl methyl sites for hydroxylation is 1. The Morgan fingerprint density at radius 3 is 2.76 bits per heavy atom. The van der Waals surface area contributed by atoms with Gasteiger partial charge in [0.1, 0.15) is 22.9 Å². The van der Waals surface area contributed by atoms with E-state index < -0.39 is 17.4 Å². The molecule has 0 saturated heterocycles. The number of carboxylic acids is 1. The highest BCUT2D eigenvalue weighted by molar-refractivity contribution is 7.17. The maximum Gasteiger partial charge on any atom is 0.337 e. The van der Waals surface area contributed by atoms with Crippen LogP contribution in [0.5, 0.6) is 5.75 Å². The zero-order valence-electron chi connectivity index (χ0n) is 15.7. The number of carboxylic acid groups (broad SMARTS) is 1. The number of benzene rings is 1. The van der Waals surface area contributed by atoms with E-state index >= 15 is 0 Å². The smallest absolute Gasteiger partial charge is 0.337 e. The average molecular weight is 436 g/mol. The molecule has 0 bridgehead atoms. The highest BCUT2D eigenvalue weighted by atomic mass is 35.5. The fraction of sp³-hybridized carbons (Fsp3) is 0.263. The van der Waals surface area contributed by atoms with E-state index in [1.165, 1.54) is 23.1 Å².